The summed E-state index contributed by atoms with van der Waals surface area (Å²) < 4.78 is 0. The number of nitrogens with zero attached hydrogens (tertiary/aromatic N) is 1. The molecule has 0 bridgehead atoms. The van der Waals surface area contributed by atoms with Crippen molar-refractivity contribution in [2.45, 2.75) is 0 Å². The van der Waals surface area contributed by atoms with Crippen LogP contribution in [0.3, 0.4) is 0 Å². The van der Waals surface area contributed by atoms with Crippen LogP contribution in [-0.4, -0.2) is 35.1 Å². The van der Waals surface area contributed by atoms with Crippen LogP contribution in [0.5, 0.6) is 0 Å². The third-order valence-electron chi connectivity index (χ3n) is 2.16. The van der Waals surface area contributed by atoms with Crippen LogP contribution in [0.4, 0.5) is 10.5 Å². The van der Waals surface area contributed by atoms with E-state index in [9.17, 15) is 9.59 Å². The van der Waals surface area contributed by atoms with E-state index in [1.54, 1.807) is 18.2 Å². The van der Waals surface area contributed by atoms with Crippen molar-refractivity contribution in [3.8, 4) is 0 Å². The fourth-order valence-corrected chi connectivity index (χ4v) is 1.83. The molecule has 102 valence electrons. The van der Waals surface area contributed by atoms with Crippen LogP contribution in [0.2, 0.25) is 10.0 Å². The molecule has 0 fully saturated rings. The van der Waals surface area contributed by atoms with Gasteiger partial charge in [-0.05, 0) is 12.1 Å². The molecule has 0 saturated heterocycles. The van der Waals surface area contributed by atoms with Gasteiger partial charge in [-0.15, -0.1) is 6.58 Å². The second-order valence-corrected chi connectivity index (χ2v) is 4.40. The molecule has 1 aromatic carbocycles. The van der Waals surface area contributed by atoms with E-state index in [0.717, 1.165) is 4.90 Å². The molecule has 0 aromatic heterocycles. The molecule has 2 N–H and O–H groups in total. The SMILES string of the molecule is C=CCN(CC(=O)O)C(=O)Nc1c(Cl)cccc1Cl. The molecule has 0 atom stereocenters. The number of halogens is 2. The van der Waals surface area contributed by atoms with Gasteiger partial charge in [-0.2, -0.15) is 0 Å². The molecule has 0 spiro atoms. The summed E-state index contributed by atoms with van der Waals surface area (Å²) in [6, 6.07) is 4.16. The Morgan fingerprint density at radius 2 is 1.95 bits per heavy atom. The minimum absolute atomic E-state index is 0.0974. The lowest BCUT2D eigenvalue weighted by Crippen LogP contribution is -2.38. The quantitative estimate of drug-likeness (QED) is 0.821. The molecule has 0 heterocycles. The standard InChI is InChI=1S/C12H12Cl2N2O3/c1-2-6-16(7-10(17)18)12(19)15-11-8(13)4-3-5-9(11)14/h2-5H,1,6-7H2,(H,15,19)(H,17,18). The zero-order valence-corrected chi connectivity index (χ0v) is 11.4. The molecule has 1 aromatic rings. The Morgan fingerprint density at radius 3 is 2.42 bits per heavy atom. The summed E-state index contributed by atoms with van der Waals surface area (Å²) in [5.74, 6) is -1.12. The molecule has 7 heteroatoms. The molecule has 5 nitrogen and oxygen atoms in total. The van der Waals surface area contributed by atoms with Crippen molar-refractivity contribution in [3.63, 3.8) is 0 Å². The monoisotopic (exact) mass is 302 g/mol. The van der Waals surface area contributed by atoms with Crippen LogP contribution in [0.1, 0.15) is 0 Å². The van der Waals surface area contributed by atoms with Crippen molar-refractivity contribution in [3.05, 3.63) is 40.9 Å². The Morgan fingerprint density at radius 1 is 1.37 bits per heavy atom. The van der Waals surface area contributed by atoms with Gasteiger partial charge >= 0.3 is 12.0 Å². The number of para-hydroxylation sites is 1. The van der Waals surface area contributed by atoms with Gasteiger partial charge in [-0.1, -0.05) is 35.3 Å². The van der Waals surface area contributed by atoms with Crippen molar-refractivity contribution in [1.29, 1.82) is 0 Å². The van der Waals surface area contributed by atoms with E-state index in [1.807, 2.05) is 0 Å². The largest absolute Gasteiger partial charge is 0.480 e. The van der Waals surface area contributed by atoms with Gasteiger partial charge in [0.25, 0.3) is 0 Å². The number of amides is 2. The van der Waals surface area contributed by atoms with Crippen LogP contribution in [0.15, 0.2) is 30.9 Å². The number of anilines is 1. The van der Waals surface area contributed by atoms with Gasteiger partial charge in [-0.3, -0.25) is 4.79 Å². The van der Waals surface area contributed by atoms with Crippen molar-refractivity contribution >= 4 is 40.9 Å². The van der Waals surface area contributed by atoms with Crippen molar-refractivity contribution < 1.29 is 14.7 Å². The third-order valence-corrected chi connectivity index (χ3v) is 2.79. The molecule has 0 unspecified atom stereocenters. The Hall–Kier alpha value is -1.72. The number of hydrogen-bond acceptors (Lipinski definition) is 2. The summed E-state index contributed by atoms with van der Waals surface area (Å²) in [6.07, 6.45) is 1.43. The minimum Gasteiger partial charge on any atom is -0.480 e. The first-order valence-electron chi connectivity index (χ1n) is 5.28. The summed E-state index contributed by atoms with van der Waals surface area (Å²) in [4.78, 5) is 23.7. The topological polar surface area (TPSA) is 69.6 Å². The van der Waals surface area contributed by atoms with Crippen LogP contribution >= 0.6 is 23.2 Å². The predicted octanol–water partition coefficient (Wildman–Crippen LogP) is 3.10. The van der Waals surface area contributed by atoms with Crippen LogP contribution in [0, 0.1) is 0 Å². The van der Waals surface area contributed by atoms with Gasteiger partial charge in [-0.25, -0.2) is 4.79 Å². The maximum atomic E-state index is 11.9. The highest BCUT2D eigenvalue weighted by atomic mass is 35.5. The highest BCUT2D eigenvalue weighted by molar-refractivity contribution is 6.39. The summed E-state index contributed by atoms with van der Waals surface area (Å²) in [5.41, 5.74) is 0.246. The van der Waals surface area contributed by atoms with Gasteiger partial charge in [0.2, 0.25) is 0 Å². The number of aliphatic carboxylic acids is 1. The van der Waals surface area contributed by atoms with Crippen LogP contribution in [0.25, 0.3) is 0 Å². The van der Waals surface area contributed by atoms with E-state index in [4.69, 9.17) is 28.3 Å². The van der Waals surface area contributed by atoms with Gasteiger partial charge in [0.1, 0.15) is 6.54 Å². The molecule has 1 rings (SSSR count). The van der Waals surface area contributed by atoms with Gasteiger partial charge < -0.3 is 15.3 Å². The number of urea groups is 1. The number of carbonyl (C=O) groups is 2. The second kappa shape index (κ2) is 7.01. The zero-order valence-electron chi connectivity index (χ0n) is 9.90. The fraction of sp³-hybridized carbons (Fsp3) is 0.167. The summed E-state index contributed by atoms with van der Waals surface area (Å²) in [7, 11) is 0. The highest BCUT2D eigenvalue weighted by Gasteiger charge is 2.17. The Kier molecular flexibility index (Phi) is 5.66. The zero-order chi connectivity index (χ0) is 14.4. The number of carboxylic acid groups (broad SMARTS) is 1. The van der Waals surface area contributed by atoms with Gasteiger partial charge in [0.05, 0.1) is 15.7 Å². The molecule has 0 radical (unpaired) electrons. The number of hydrogen-bond donors (Lipinski definition) is 2. The van der Waals surface area contributed by atoms with E-state index in [0.29, 0.717) is 0 Å². The smallest absolute Gasteiger partial charge is 0.323 e. The lowest BCUT2D eigenvalue weighted by Gasteiger charge is -2.20. The first-order chi connectivity index (χ1) is 8.95. The molecule has 2 amide bonds. The van der Waals surface area contributed by atoms with E-state index in [2.05, 4.69) is 11.9 Å². The highest BCUT2D eigenvalue weighted by Crippen LogP contribution is 2.29. The van der Waals surface area contributed by atoms with Gasteiger partial charge in [0, 0.05) is 6.54 Å². The minimum atomic E-state index is -1.12. The lowest BCUT2D eigenvalue weighted by atomic mass is 10.3. The van der Waals surface area contributed by atoms with Crippen molar-refractivity contribution in [2.75, 3.05) is 18.4 Å². The average Bonchev–Trinajstić information content (AvgIpc) is 2.32. The average molecular weight is 303 g/mol. The maximum Gasteiger partial charge on any atom is 0.323 e. The van der Waals surface area contributed by atoms with Crippen LogP contribution in [-0.2, 0) is 4.79 Å². The van der Waals surface area contributed by atoms with E-state index < -0.39 is 18.5 Å². The second-order valence-electron chi connectivity index (χ2n) is 3.59. The van der Waals surface area contributed by atoms with Crippen molar-refractivity contribution in [2.24, 2.45) is 0 Å². The molecule has 0 aliphatic rings. The molecule has 0 saturated carbocycles. The van der Waals surface area contributed by atoms with E-state index in [-0.39, 0.29) is 22.3 Å². The van der Waals surface area contributed by atoms with E-state index >= 15 is 0 Å². The molecular formula is C12H12Cl2N2O3. The molecular weight excluding hydrogens is 291 g/mol. The Labute approximate surface area is 120 Å². The summed E-state index contributed by atoms with van der Waals surface area (Å²) in [6.45, 7) is 3.12. The first kappa shape index (κ1) is 15.3. The molecule has 19 heavy (non-hydrogen) atoms. The van der Waals surface area contributed by atoms with Gasteiger partial charge in [0.15, 0.2) is 0 Å². The Bertz CT molecular complexity index is 485. The third kappa shape index (κ3) is 4.46. The lowest BCUT2D eigenvalue weighted by molar-refractivity contribution is -0.137. The molecule has 0 aliphatic heterocycles. The predicted molar refractivity (Wildman–Crippen MR) is 74.9 cm³/mol. The molecule has 0 aliphatic carbocycles. The summed E-state index contributed by atoms with van der Waals surface area (Å²) >= 11 is 11.8. The Balaban J connectivity index is 2.86. The number of nitrogens with one attached hydrogen (secondary N) is 1. The fourth-order valence-electron chi connectivity index (χ4n) is 1.34. The number of rotatable bonds is 5. The maximum absolute atomic E-state index is 11.9. The van der Waals surface area contributed by atoms with Crippen LogP contribution < -0.4 is 5.32 Å². The first-order valence-corrected chi connectivity index (χ1v) is 6.04. The number of carbonyl (C=O) groups excluding carboxylic acids is 1. The normalized spacial score (nSPS) is 9.79. The summed E-state index contributed by atoms with van der Waals surface area (Å²) in [5, 5.41) is 11.8. The van der Waals surface area contributed by atoms with E-state index in [1.165, 1.54) is 6.08 Å². The van der Waals surface area contributed by atoms with Crippen molar-refractivity contribution in [1.82, 2.24) is 4.90 Å². The number of benzene rings is 1. The number of carboxylic acids is 1.